The summed E-state index contributed by atoms with van der Waals surface area (Å²) in [6.45, 7) is 4.16. The number of hydrogen-bond donors (Lipinski definition) is 2. The summed E-state index contributed by atoms with van der Waals surface area (Å²) in [5, 5.41) is 12.4. The Morgan fingerprint density at radius 1 is 1.38 bits per heavy atom. The second-order valence-electron chi connectivity index (χ2n) is 6.63. The zero-order valence-corrected chi connectivity index (χ0v) is 15.8. The monoisotopic (exact) mass is 364 g/mol. The molecule has 1 aromatic carbocycles. The molecular formula is C19H28N2O5. The van der Waals surface area contributed by atoms with E-state index >= 15 is 0 Å². The molecule has 3 atom stereocenters. The molecular weight excluding hydrogens is 336 g/mol. The maximum atomic E-state index is 12.6. The van der Waals surface area contributed by atoms with Gasteiger partial charge < -0.3 is 24.8 Å². The molecule has 0 bridgehead atoms. The van der Waals surface area contributed by atoms with Crippen LogP contribution in [0, 0.1) is 11.8 Å². The van der Waals surface area contributed by atoms with Gasteiger partial charge in [0, 0.05) is 19.0 Å². The molecule has 2 N–H and O–H groups in total. The van der Waals surface area contributed by atoms with E-state index < -0.39 is 5.92 Å². The summed E-state index contributed by atoms with van der Waals surface area (Å²) in [4.78, 5) is 26.6. The van der Waals surface area contributed by atoms with Gasteiger partial charge in [0.2, 0.25) is 11.8 Å². The van der Waals surface area contributed by atoms with Crippen LogP contribution in [-0.2, 0) is 9.59 Å². The fourth-order valence-electron chi connectivity index (χ4n) is 3.08. The van der Waals surface area contributed by atoms with E-state index in [0.717, 1.165) is 6.42 Å². The molecule has 1 fully saturated rings. The molecule has 0 aliphatic carbocycles. The van der Waals surface area contributed by atoms with Crippen LogP contribution in [0.3, 0.4) is 0 Å². The number of anilines is 1. The number of ether oxygens (including phenoxy) is 2. The topological polar surface area (TPSA) is 88.1 Å². The number of rotatable bonds is 8. The molecule has 0 saturated carbocycles. The normalized spacial score (nSPS) is 19.2. The number of carbonyl (C=O) groups is 2. The van der Waals surface area contributed by atoms with Gasteiger partial charge in [-0.1, -0.05) is 20.3 Å². The Bertz CT molecular complexity index is 649. The van der Waals surface area contributed by atoms with Crippen molar-refractivity contribution in [2.24, 2.45) is 11.8 Å². The Hall–Kier alpha value is -2.28. The van der Waals surface area contributed by atoms with E-state index in [1.165, 1.54) is 7.11 Å². The first-order chi connectivity index (χ1) is 12.4. The average Bonchev–Trinajstić information content (AvgIpc) is 3.06. The quantitative estimate of drug-likeness (QED) is 0.731. The molecule has 7 heteroatoms. The van der Waals surface area contributed by atoms with Crippen molar-refractivity contribution >= 4 is 17.5 Å². The molecule has 26 heavy (non-hydrogen) atoms. The highest BCUT2D eigenvalue weighted by molar-refractivity contribution is 6.01. The second-order valence-corrected chi connectivity index (χ2v) is 6.63. The van der Waals surface area contributed by atoms with Crippen LogP contribution < -0.4 is 19.7 Å². The first kappa shape index (κ1) is 20.0. The third-order valence-corrected chi connectivity index (χ3v) is 5.03. The first-order valence-corrected chi connectivity index (χ1v) is 8.88. The van der Waals surface area contributed by atoms with Crippen LogP contribution in [0.2, 0.25) is 0 Å². The van der Waals surface area contributed by atoms with E-state index in [9.17, 15) is 14.7 Å². The summed E-state index contributed by atoms with van der Waals surface area (Å²) in [5.74, 6) is 0.536. The van der Waals surface area contributed by atoms with Gasteiger partial charge in [-0.05, 0) is 18.1 Å². The van der Waals surface area contributed by atoms with Crippen LogP contribution in [0.25, 0.3) is 0 Å². The van der Waals surface area contributed by atoms with Crippen LogP contribution in [0.4, 0.5) is 5.69 Å². The van der Waals surface area contributed by atoms with E-state index in [0.29, 0.717) is 17.2 Å². The lowest BCUT2D eigenvalue weighted by molar-refractivity contribution is -0.127. The summed E-state index contributed by atoms with van der Waals surface area (Å²) < 4.78 is 10.5. The summed E-state index contributed by atoms with van der Waals surface area (Å²) in [5.41, 5.74) is 0.620. The fourth-order valence-corrected chi connectivity index (χ4v) is 3.08. The molecule has 2 rings (SSSR count). The zero-order chi connectivity index (χ0) is 19.3. The average molecular weight is 364 g/mol. The van der Waals surface area contributed by atoms with E-state index in [1.54, 1.807) is 30.2 Å². The molecule has 0 spiro atoms. The number of benzene rings is 1. The Morgan fingerprint density at radius 2 is 2.12 bits per heavy atom. The van der Waals surface area contributed by atoms with Gasteiger partial charge in [0.25, 0.3) is 0 Å². The lowest BCUT2D eigenvalue weighted by Crippen LogP contribution is -2.45. The SMILES string of the molecule is CC[C@H](C)[C@@H](CO)NC(=O)[C@H]1CC(=O)N(c2ccc(OC)cc2OC)C1. The predicted octanol–water partition coefficient (Wildman–Crippen LogP) is 1.58. The van der Waals surface area contributed by atoms with Crippen molar-refractivity contribution in [1.29, 1.82) is 0 Å². The van der Waals surface area contributed by atoms with Gasteiger partial charge in [0.1, 0.15) is 11.5 Å². The number of aliphatic hydroxyl groups excluding tert-OH is 1. The number of nitrogens with one attached hydrogen (secondary N) is 1. The van der Waals surface area contributed by atoms with Crippen molar-refractivity contribution in [2.45, 2.75) is 32.7 Å². The lowest BCUT2D eigenvalue weighted by atomic mass is 9.98. The van der Waals surface area contributed by atoms with Gasteiger partial charge in [-0.25, -0.2) is 0 Å². The number of nitrogens with zero attached hydrogens (tertiary/aromatic N) is 1. The summed E-state index contributed by atoms with van der Waals surface area (Å²) in [7, 11) is 3.09. The number of aliphatic hydroxyl groups is 1. The standard InChI is InChI=1S/C19H28N2O5/c1-5-12(2)15(11-22)20-19(24)13-8-18(23)21(10-13)16-7-6-14(25-3)9-17(16)26-4/h6-7,9,12-13,15,22H,5,8,10-11H2,1-4H3,(H,20,24)/t12-,13-,15+/m0/s1. The van der Waals surface area contributed by atoms with E-state index in [1.807, 2.05) is 13.8 Å². The maximum Gasteiger partial charge on any atom is 0.227 e. The molecule has 1 saturated heterocycles. The Morgan fingerprint density at radius 3 is 2.69 bits per heavy atom. The summed E-state index contributed by atoms with van der Waals surface area (Å²) in [6.07, 6.45) is 0.990. The van der Waals surface area contributed by atoms with Crippen LogP contribution in [0.1, 0.15) is 26.7 Å². The molecule has 144 valence electrons. The molecule has 1 heterocycles. The molecule has 0 unspecified atom stereocenters. The highest BCUT2D eigenvalue weighted by atomic mass is 16.5. The highest BCUT2D eigenvalue weighted by Crippen LogP contribution is 2.35. The van der Waals surface area contributed by atoms with Gasteiger partial charge in [0.05, 0.1) is 38.5 Å². The third-order valence-electron chi connectivity index (χ3n) is 5.03. The molecule has 7 nitrogen and oxygen atoms in total. The predicted molar refractivity (Wildman–Crippen MR) is 98.5 cm³/mol. The number of hydrogen-bond acceptors (Lipinski definition) is 5. The van der Waals surface area contributed by atoms with Crippen LogP contribution in [-0.4, -0.2) is 50.3 Å². The molecule has 2 amide bonds. The van der Waals surface area contributed by atoms with E-state index in [-0.39, 0.29) is 43.3 Å². The van der Waals surface area contributed by atoms with Crippen molar-refractivity contribution in [2.75, 3.05) is 32.3 Å². The van der Waals surface area contributed by atoms with E-state index in [4.69, 9.17) is 9.47 Å². The first-order valence-electron chi connectivity index (χ1n) is 8.88. The fraction of sp³-hybridized carbons (Fsp3) is 0.579. The van der Waals surface area contributed by atoms with Crippen molar-refractivity contribution in [1.82, 2.24) is 5.32 Å². The minimum absolute atomic E-state index is 0.114. The zero-order valence-electron chi connectivity index (χ0n) is 15.8. The van der Waals surface area contributed by atoms with Gasteiger partial charge >= 0.3 is 0 Å². The van der Waals surface area contributed by atoms with Crippen molar-refractivity contribution in [3.8, 4) is 11.5 Å². The Balaban J connectivity index is 2.12. The molecule has 0 radical (unpaired) electrons. The third kappa shape index (κ3) is 4.27. The van der Waals surface area contributed by atoms with Crippen molar-refractivity contribution in [3.05, 3.63) is 18.2 Å². The van der Waals surface area contributed by atoms with Crippen LogP contribution in [0.15, 0.2) is 18.2 Å². The van der Waals surface area contributed by atoms with Gasteiger partial charge in [-0.2, -0.15) is 0 Å². The van der Waals surface area contributed by atoms with Crippen molar-refractivity contribution < 1.29 is 24.2 Å². The Labute approximate surface area is 154 Å². The maximum absolute atomic E-state index is 12.6. The minimum Gasteiger partial charge on any atom is -0.497 e. The summed E-state index contributed by atoms with van der Waals surface area (Å²) in [6, 6.07) is 4.92. The lowest BCUT2D eigenvalue weighted by Gasteiger charge is -2.24. The number of methoxy groups -OCH3 is 2. The summed E-state index contributed by atoms with van der Waals surface area (Å²) >= 11 is 0. The smallest absolute Gasteiger partial charge is 0.227 e. The highest BCUT2D eigenvalue weighted by Gasteiger charge is 2.37. The second kappa shape index (κ2) is 8.89. The Kier molecular flexibility index (Phi) is 6.85. The number of amides is 2. The van der Waals surface area contributed by atoms with E-state index in [2.05, 4.69) is 5.32 Å². The molecule has 1 aliphatic heterocycles. The molecule has 0 aromatic heterocycles. The van der Waals surface area contributed by atoms with Gasteiger partial charge in [-0.3, -0.25) is 9.59 Å². The number of carbonyl (C=O) groups excluding carboxylic acids is 2. The van der Waals surface area contributed by atoms with Gasteiger partial charge in [-0.15, -0.1) is 0 Å². The van der Waals surface area contributed by atoms with Crippen molar-refractivity contribution in [3.63, 3.8) is 0 Å². The van der Waals surface area contributed by atoms with Gasteiger partial charge in [0.15, 0.2) is 0 Å². The molecule has 1 aliphatic rings. The largest absolute Gasteiger partial charge is 0.497 e. The minimum atomic E-state index is -0.451. The van der Waals surface area contributed by atoms with Crippen LogP contribution in [0.5, 0.6) is 11.5 Å². The van der Waals surface area contributed by atoms with Crippen LogP contribution >= 0.6 is 0 Å². The molecule has 1 aromatic rings.